The molecule has 7 heteroatoms. The highest BCUT2D eigenvalue weighted by atomic mass is 35.5. The lowest BCUT2D eigenvalue weighted by Crippen LogP contribution is -2.52. The Kier molecular flexibility index (Phi) is 5.53. The van der Waals surface area contributed by atoms with E-state index in [0.717, 1.165) is 62.6 Å². The third-order valence-corrected chi connectivity index (χ3v) is 8.62. The number of fused-ring (bicyclic) bond motifs is 2. The molecule has 2 aliphatic carbocycles. The van der Waals surface area contributed by atoms with Gasteiger partial charge in [0.2, 0.25) is 5.91 Å². The topological polar surface area (TPSA) is 61.4 Å². The summed E-state index contributed by atoms with van der Waals surface area (Å²) in [5, 5.41) is 7.60. The van der Waals surface area contributed by atoms with Crippen LogP contribution in [0.4, 0.5) is 5.69 Å². The second-order valence-electron chi connectivity index (χ2n) is 10.4. The standard InChI is InChI=1S/C27H29Cl2N3O2/c28-17-3-1-16(2-4-17)27(11-12-27)26(34)31-19-13-20-7-8-21(14-19)32(20)22-9-10-23(24(29)15-22)25(33)30-18-5-6-18/h1-4,9-10,15,18-21H,5-8,11-14H2,(H,30,33)(H,31,34). The van der Waals surface area contributed by atoms with Crippen LogP contribution >= 0.6 is 23.2 Å². The fourth-order valence-corrected chi connectivity index (χ4v) is 6.31. The summed E-state index contributed by atoms with van der Waals surface area (Å²) in [4.78, 5) is 28.2. The Bertz CT molecular complexity index is 1110. The summed E-state index contributed by atoms with van der Waals surface area (Å²) in [7, 11) is 0. The van der Waals surface area contributed by atoms with Gasteiger partial charge in [0.1, 0.15) is 0 Å². The maximum Gasteiger partial charge on any atom is 0.253 e. The van der Waals surface area contributed by atoms with Crippen molar-refractivity contribution in [2.75, 3.05) is 4.90 Å². The number of amides is 2. The van der Waals surface area contributed by atoms with Gasteiger partial charge in [-0.2, -0.15) is 0 Å². The molecule has 0 aromatic heterocycles. The van der Waals surface area contributed by atoms with E-state index in [1.54, 1.807) is 0 Å². The zero-order valence-corrected chi connectivity index (χ0v) is 20.5. The summed E-state index contributed by atoms with van der Waals surface area (Å²) in [6.07, 6.45) is 7.98. The number of hydrogen-bond donors (Lipinski definition) is 2. The number of benzene rings is 2. The van der Waals surface area contributed by atoms with Gasteiger partial charge in [0.05, 0.1) is 16.0 Å². The highest BCUT2D eigenvalue weighted by Crippen LogP contribution is 2.49. The summed E-state index contributed by atoms with van der Waals surface area (Å²) < 4.78 is 0. The summed E-state index contributed by atoms with van der Waals surface area (Å²) >= 11 is 12.6. The first-order valence-electron chi connectivity index (χ1n) is 12.4. The van der Waals surface area contributed by atoms with Crippen molar-refractivity contribution in [2.45, 2.75) is 80.9 Å². The molecule has 0 radical (unpaired) electrons. The normalized spacial score (nSPS) is 26.8. The molecule has 2 unspecified atom stereocenters. The molecule has 2 heterocycles. The van der Waals surface area contributed by atoms with Crippen LogP contribution in [-0.4, -0.2) is 36.0 Å². The minimum absolute atomic E-state index is 0.0851. The molecule has 6 rings (SSSR count). The fraction of sp³-hybridized carbons (Fsp3) is 0.481. The lowest BCUT2D eigenvalue weighted by atomic mass is 9.92. The monoisotopic (exact) mass is 497 g/mol. The molecule has 2 aromatic carbocycles. The van der Waals surface area contributed by atoms with Crippen molar-refractivity contribution >= 4 is 40.7 Å². The minimum atomic E-state index is -0.384. The van der Waals surface area contributed by atoms with Gasteiger partial charge in [0, 0.05) is 34.9 Å². The van der Waals surface area contributed by atoms with Gasteiger partial charge >= 0.3 is 0 Å². The first-order chi connectivity index (χ1) is 16.4. The molecule has 2 N–H and O–H groups in total. The number of carbonyl (C=O) groups excluding carboxylic acids is 2. The van der Waals surface area contributed by atoms with Crippen LogP contribution in [-0.2, 0) is 10.2 Å². The van der Waals surface area contributed by atoms with E-state index in [9.17, 15) is 9.59 Å². The molecule has 4 fully saturated rings. The number of rotatable bonds is 6. The smallest absolute Gasteiger partial charge is 0.253 e. The second-order valence-corrected chi connectivity index (χ2v) is 11.3. The van der Waals surface area contributed by atoms with Gasteiger partial charge in [0.25, 0.3) is 5.91 Å². The number of anilines is 1. The molecule has 2 atom stereocenters. The molecule has 2 aromatic rings. The number of nitrogens with zero attached hydrogens (tertiary/aromatic N) is 1. The van der Waals surface area contributed by atoms with Crippen molar-refractivity contribution < 1.29 is 9.59 Å². The lowest BCUT2D eigenvalue weighted by Gasteiger charge is -2.41. The molecule has 2 amide bonds. The van der Waals surface area contributed by atoms with E-state index in [1.165, 1.54) is 0 Å². The summed E-state index contributed by atoms with van der Waals surface area (Å²) in [6, 6.07) is 14.8. The Labute approximate surface area is 210 Å². The number of carbonyl (C=O) groups is 2. The predicted octanol–water partition coefficient (Wildman–Crippen LogP) is 5.23. The Balaban J connectivity index is 1.12. The maximum atomic E-state index is 13.3. The van der Waals surface area contributed by atoms with Crippen molar-refractivity contribution in [1.82, 2.24) is 10.6 Å². The van der Waals surface area contributed by atoms with Gasteiger partial charge in [-0.25, -0.2) is 0 Å². The summed E-state index contributed by atoms with van der Waals surface area (Å²) in [6.45, 7) is 0. The third-order valence-electron chi connectivity index (χ3n) is 8.06. The van der Waals surface area contributed by atoms with E-state index in [1.807, 2.05) is 42.5 Å². The molecule has 5 nitrogen and oxygen atoms in total. The Morgan fingerprint density at radius 3 is 2.12 bits per heavy atom. The van der Waals surface area contributed by atoms with Gasteiger partial charge in [0.15, 0.2) is 0 Å². The van der Waals surface area contributed by atoms with Crippen molar-refractivity contribution in [2.24, 2.45) is 0 Å². The SMILES string of the molecule is O=C(NC1CC1)c1ccc(N2C3CCC2CC(NC(=O)C2(c4ccc(Cl)cc4)CC2)C3)cc1Cl. The lowest BCUT2D eigenvalue weighted by molar-refractivity contribution is -0.124. The van der Waals surface area contributed by atoms with Crippen LogP contribution in [0, 0.1) is 0 Å². The molecular weight excluding hydrogens is 469 g/mol. The van der Waals surface area contributed by atoms with Gasteiger partial charge < -0.3 is 15.5 Å². The van der Waals surface area contributed by atoms with Crippen LogP contribution in [0.15, 0.2) is 42.5 Å². The number of halogens is 2. The largest absolute Gasteiger partial charge is 0.365 e. The van der Waals surface area contributed by atoms with E-state index in [0.29, 0.717) is 33.7 Å². The van der Waals surface area contributed by atoms with Crippen LogP contribution in [0.5, 0.6) is 0 Å². The Morgan fingerprint density at radius 1 is 0.853 bits per heavy atom. The number of nitrogens with one attached hydrogen (secondary N) is 2. The van der Waals surface area contributed by atoms with E-state index in [-0.39, 0.29) is 23.3 Å². The molecule has 34 heavy (non-hydrogen) atoms. The average molecular weight is 498 g/mol. The number of hydrogen-bond acceptors (Lipinski definition) is 3. The zero-order valence-electron chi connectivity index (χ0n) is 19.0. The van der Waals surface area contributed by atoms with Crippen molar-refractivity contribution in [3.63, 3.8) is 0 Å². The maximum absolute atomic E-state index is 13.3. The van der Waals surface area contributed by atoms with Crippen LogP contribution in [0.2, 0.25) is 10.0 Å². The molecule has 178 valence electrons. The van der Waals surface area contributed by atoms with Crippen molar-refractivity contribution in [3.05, 3.63) is 63.6 Å². The quantitative estimate of drug-likeness (QED) is 0.573. The van der Waals surface area contributed by atoms with Crippen molar-refractivity contribution in [3.8, 4) is 0 Å². The zero-order chi connectivity index (χ0) is 23.4. The highest BCUT2D eigenvalue weighted by molar-refractivity contribution is 6.34. The van der Waals surface area contributed by atoms with Gasteiger partial charge in [-0.05, 0) is 87.3 Å². The van der Waals surface area contributed by atoms with E-state index in [2.05, 4.69) is 15.5 Å². The van der Waals surface area contributed by atoms with Crippen LogP contribution in [0.25, 0.3) is 0 Å². The second kappa shape index (κ2) is 8.46. The van der Waals surface area contributed by atoms with Crippen LogP contribution < -0.4 is 15.5 Å². The molecule has 2 saturated carbocycles. The Morgan fingerprint density at radius 2 is 1.53 bits per heavy atom. The molecule has 2 saturated heterocycles. The molecule has 4 aliphatic rings. The minimum Gasteiger partial charge on any atom is -0.365 e. The Hall–Kier alpha value is -2.24. The molecule has 0 spiro atoms. The van der Waals surface area contributed by atoms with Gasteiger partial charge in [-0.3, -0.25) is 9.59 Å². The van der Waals surface area contributed by atoms with E-state index in [4.69, 9.17) is 23.2 Å². The van der Waals surface area contributed by atoms with Gasteiger partial charge in [-0.15, -0.1) is 0 Å². The van der Waals surface area contributed by atoms with Crippen LogP contribution in [0.3, 0.4) is 0 Å². The predicted molar refractivity (Wildman–Crippen MR) is 135 cm³/mol. The molecule has 2 bridgehead atoms. The summed E-state index contributed by atoms with van der Waals surface area (Å²) in [5.74, 6) is 0.0693. The first-order valence-corrected chi connectivity index (χ1v) is 13.1. The molecule has 2 aliphatic heterocycles. The first kappa shape index (κ1) is 22.2. The third kappa shape index (κ3) is 4.07. The van der Waals surface area contributed by atoms with E-state index < -0.39 is 0 Å². The van der Waals surface area contributed by atoms with Crippen LogP contribution in [0.1, 0.15) is 67.3 Å². The summed E-state index contributed by atoms with van der Waals surface area (Å²) in [5.41, 5.74) is 2.30. The fourth-order valence-electron chi connectivity index (χ4n) is 5.92. The molecular formula is C27H29Cl2N3O2. The average Bonchev–Trinajstić information content (AvgIpc) is 3.73. The highest BCUT2D eigenvalue weighted by Gasteiger charge is 2.52. The number of piperidine rings is 1. The van der Waals surface area contributed by atoms with Crippen molar-refractivity contribution in [1.29, 1.82) is 0 Å². The van der Waals surface area contributed by atoms with Gasteiger partial charge in [-0.1, -0.05) is 35.3 Å². The van der Waals surface area contributed by atoms with E-state index >= 15 is 0 Å².